The molecule has 0 atom stereocenters. The maximum atomic E-state index is 11.9. The zero-order valence-electron chi connectivity index (χ0n) is 15.1. The SMILES string of the molecule is COc1ccc(OC)c(C=NNC(=O)COc2ccc3ccccc3c2)c1. The van der Waals surface area contributed by atoms with E-state index in [4.69, 9.17) is 14.2 Å². The molecule has 0 saturated heterocycles. The lowest BCUT2D eigenvalue weighted by molar-refractivity contribution is -0.123. The predicted octanol–water partition coefficient (Wildman–Crippen LogP) is 3.39. The Labute approximate surface area is 157 Å². The third kappa shape index (κ3) is 4.76. The van der Waals surface area contributed by atoms with Crippen LogP contribution >= 0.6 is 0 Å². The van der Waals surface area contributed by atoms with Gasteiger partial charge in [0.25, 0.3) is 5.91 Å². The normalized spacial score (nSPS) is 10.7. The largest absolute Gasteiger partial charge is 0.497 e. The van der Waals surface area contributed by atoms with Gasteiger partial charge in [0.05, 0.1) is 20.4 Å². The van der Waals surface area contributed by atoms with Crippen molar-refractivity contribution in [3.63, 3.8) is 0 Å². The van der Waals surface area contributed by atoms with E-state index >= 15 is 0 Å². The molecule has 3 rings (SSSR count). The van der Waals surface area contributed by atoms with E-state index in [-0.39, 0.29) is 12.5 Å². The van der Waals surface area contributed by atoms with Crippen LogP contribution < -0.4 is 19.6 Å². The molecule has 0 radical (unpaired) electrons. The Morgan fingerprint density at radius 1 is 0.963 bits per heavy atom. The molecule has 0 aliphatic rings. The lowest BCUT2D eigenvalue weighted by Crippen LogP contribution is -2.24. The van der Waals surface area contributed by atoms with E-state index in [0.29, 0.717) is 22.8 Å². The van der Waals surface area contributed by atoms with Gasteiger partial charge in [-0.25, -0.2) is 5.43 Å². The molecule has 0 heterocycles. The van der Waals surface area contributed by atoms with Crippen molar-refractivity contribution in [3.05, 3.63) is 66.2 Å². The number of hydrogen-bond donors (Lipinski definition) is 1. The average Bonchev–Trinajstić information content (AvgIpc) is 2.72. The molecule has 138 valence electrons. The van der Waals surface area contributed by atoms with E-state index in [1.54, 1.807) is 32.4 Å². The molecule has 27 heavy (non-hydrogen) atoms. The summed E-state index contributed by atoms with van der Waals surface area (Å²) in [4.78, 5) is 11.9. The van der Waals surface area contributed by atoms with Crippen molar-refractivity contribution in [2.45, 2.75) is 0 Å². The number of carbonyl (C=O) groups is 1. The molecule has 0 aromatic heterocycles. The summed E-state index contributed by atoms with van der Waals surface area (Å²) in [6.07, 6.45) is 1.50. The number of fused-ring (bicyclic) bond motifs is 1. The second kappa shape index (κ2) is 8.71. The second-order valence-corrected chi connectivity index (χ2v) is 5.70. The zero-order valence-corrected chi connectivity index (χ0v) is 15.1. The van der Waals surface area contributed by atoms with Crippen LogP contribution in [0.5, 0.6) is 17.2 Å². The Morgan fingerprint density at radius 2 is 1.74 bits per heavy atom. The fraction of sp³-hybridized carbons (Fsp3) is 0.143. The first-order valence-corrected chi connectivity index (χ1v) is 8.35. The van der Waals surface area contributed by atoms with E-state index in [9.17, 15) is 4.79 Å². The van der Waals surface area contributed by atoms with Crippen LogP contribution in [0, 0.1) is 0 Å². The lowest BCUT2D eigenvalue weighted by atomic mass is 10.1. The van der Waals surface area contributed by atoms with E-state index < -0.39 is 0 Å². The van der Waals surface area contributed by atoms with Gasteiger partial charge in [0.1, 0.15) is 17.2 Å². The van der Waals surface area contributed by atoms with E-state index in [0.717, 1.165) is 10.8 Å². The molecular formula is C21H20N2O4. The predicted molar refractivity (Wildman–Crippen MR) is 105 cm³/mol. The minimum absolute atomic E-state index is 0.134. The maximum Gasteiger partial charge on any atom is 0.277 e. The van der Waals surface area contributed by atoms with E-state index in [2.05, 4.69) is 10.5 Å². The van der Waals surface area contributed by atoms with Crippen LogP contribution in [0.3, 0.4) is 0 Å². The fourth-order valence-corrected chi connectivity index (χ4v) is 2.55. The monoisotopic (exact) mass is 364 g/mol. The second-order valence-electron chi connectivity index (χ2n) is 5.70. The highest BCUT2D eigenvalue weighted by Gasteiger charge is 2.05. The highest BCUT2D eigenvalue weighted by atomic mass is 16.5. The standard InChI is InChI=1S/C21H20N2O4/c1-25-18-9-10-20(26-2)17(12-18)13-22-23-21(24)14-27-19-8-7-15-5-3-4-6-16(15)11-19/h3-13H,14H2,1-2H3,(H,23,24). The molecule has 6 heteroatoms. The van der Waals surface area contributed by atoms with Gasteiger partial charge in [0, 0.05) is 5.56 Å². The van der Waals surface area contributed by atoms with Gasteiger partial charge in [-0.15, -0.1) is 0 Å². The van der Waals surface area contributed by atoms with Crippen LogP contribution in [0.4, 0.5) is 0 Å². The van der Waals surface area contributed by atoms with Crippen molar-refractivity contribution in [2.75, 3.05) is 20.8 Å². The topological polar surface area (TPSA) is 69.2 Å². The van der Waals surface area contributed by atoms with Crippen LogP contribution in [0.2, 0.25) is 0 Å². The summed E-state index contributed by atoms with van der Waals surface area (Å²) in [5.74, 6) is 1.56. The molecule has 0 aliphatic carbocycles. The van der Waals surface area contributed by atoms with Crippen LogP contribution in [0.25, 0.3) is 10.8 Å². The van der Waals surface area contributed by atoms with Crippen LogP contribution in [-0.4, -0.2) is 32.9 Å². The summed E-state index contributed by atoms with van der Waals surface area (Å²) in [5.41, 5.74) is 3.12. The lowest BCUT2D eigenvalue weighted by Gasteiger charge is -2.07. The van der Waals surface area contributed by atoms with Crippen molar-refractivity contribution in [3.8, 4) is 17.2 Å². The summed E-state index contributed by atoms with van der Waals surface area (Å²) >= 11 is 0. The number of carbonyl (C=O) groups excluding carboxylic acids is 1. The summed E-state index contributed by atoms with van der Waals surface area (Å²) in [6.45, 7) is -0.134. The Morgan fingerprint density at radius 3 is 2.52 bits per heavy atom. The van der Waals surface area contributed by atoms with Gasteiger partial charge in [0.15, 0.2) is 6.61 Å². The number of hydrazone groups is 1. The molecule has 0 saturated carbocycles. The zero-order chi connectivity index (χ0) is 19.1. The van der Waals surface area contributed by atoms with Crippen LogP contribution in [0.15, 0.2) is 65.8 Å². The summed E-state index contributed by atoms with van der Waals surface area (Å²) in [5, 5.41) is 6.12. The van der Waals surface area contributed by atoms with E-state index in [1.807, 2.05) is 42.5 Å². The third-order valence-electron chi connectivity index (χ3n) is 3.92. The highest BCUT2D eigenvalue weighted by molar-refractivity contribution is 5.86. The summed E-state index contributed by atoms with van der Waals surface area (Å²) < 4.78 is 16.0. The number of hydrogen-bond acceptors (Lipinski definition) is 5. The molecule has 1 amide bonds. The van der Waals surface area contributed by atoms with E-state index in [1.165, 1.54) is 6.21 Å². The number of methoxy groups -OCH3 is 2. The molecule has 0 fully saturated rings. The van der Waals surface area contributed by atoms with Crippen LogP contribution in [-0.2, 0) is 4.79 Å². The van der Waals surface area contributed by atoms with Gasteiger partial charge in [0.2, 0.25) is 0 Å². The highest BCUT2D eigenvalue weighted by Crippen LogP contribution is 2.22. The van der Waals surface area contributed by atoms with Gasteiger partial charge in [-0.3, -0.25) is 4.79 Å². The minimum Gasteiger partial charge on any atom is -0.497 e. The molecule has 3 aromatic carbocycles. The number of amides is 1. The van der Waals surface area contributed by atoms with Gasteiger partial charge in [-0.1, -0.05) is 30.3 Å². The quantitative estimate of drug-likeness (QED) is 0.515. The Kier molecular flexibility index (Phi) is 5.89. The molecule has 1 N–H and O–H groups in total. The first kappa shape index (κ1) is 18.3. The number of rotatable bonds is 7. The molecule has 3 aromatic rings. The van der Waals surface area contributed by atoms with Crippen molar-refractivity contribution in [1.29, 1.82) is 0 Å². The molecular weight excluding hydrogens is 344 g/mol. The number of ether oxygens (including phenoxy) is 3. The first-order chi connectivity index (χ1) is 13.2. The minimum atomic E-state index is -0.360. The summed E-state index contributed by atoms with van der Waals surface area (Å²) in [7, 11) is 3.14. The molecule has 0 unspecified atom stereocenters. The first-order valence-electron chi connectivity index (χ1n) is 8.35. The number of benzene rings is 3. The average molecular weight is 364 g/mol. The van der Waals surface area contributed by atoms with Crippen molar-refractivity contribution in [2.24, 2.45) is 5.10 Å². The Hall–Kier alpha value is -3.54. The van der Waals surface area contributed by atoms with Crippen molar-refractivity contribution < 1.29 is 19.0 Å². The molecule has 6 nitrogen and oxygen atoms in total. The fourth-order valence-electron chi connectivity index (χ4n) is 2.55. The summed E-state index contributed by atoms with van der Waals surface area (Å²) in [6, 6.07) is 19.0. The third-order valence-corrected chi connectivity index (χ3v) is 3.92. The van der Waals surface area contributed by atoms with Crippen molar-refractivity contribution >= 4 is 22.9 Å². The maximum absolute atomic E-state index is 11.9. The number of nitrogens with one attached hydrogen (secondary N) is 1. The van der Waals surface area contributed by atoms with Crippen LogP contribution in [0.1, 0.15) is 5.56 Å². The Bertz CT molecular complexity index is 969. The molecule has 0 aliphatic heterocycles. The molecule has 0 bridgehead atoms. The smallest absolute Gasteiger partial charge is 0.277 e. The molecule has 0 spiro atoms. The van der Waals surface area contributed by atoms with Crippen molar-refractivity contribution in [1.82, 2.24) is 5.43 Å². The number of nitrogens with zero attached hydrogens (tertiary/aromatic N) is 1. The van der Waals surface area contributed by atoms with Gasteiger partial charge in [-0.05, 0) is 41.1 Å². The van der Waals surface area contributed by atoms with Gasteiger partial charge < -0.3 is 14.2 Å². The van der Waals surface area contributed by atoms with Gasteiger partial charge >= 0.3 is 0 Å². The Balaban J connectivity index is 1.57. The van der Waals surface area contributed by atoms with Gasteiger partial charge in [-0.2, -0.15) is 5.10 Å².